The van der Waals surface area contributed by atoms with Crippen LogP contribution in [-0.2, 0) is 0 Å². The summed E-state index contributed by atoms with van der Waals surface area (Å²) in [5.74, 6) is 1.08. The van der Waals surface area contributed by atoms with E-state index in [0.29, 0.717) is 11.8 Å². The Morgan fingerprint density at radius 2 is 1.35 bits per heavy atom. The standard InChI is InChI=1S/C23H26/c1-11-12(2)16(6)21-20(15(11)5)19-10-8-9-18-14(4)13(3)17(7)22(21)23(18)19/h8-10,22-23H,1-7H3. The summed E-state index contributed by atoms with van der Waals surface area (Å²) in [5, 5.41) is 0. The smallest absolute Gasteiger partial charge is 0.0205 e. The van der Waals surface area contributed by atoms with Gasteiger partial charge in [-0.25, -0.2) is 0 Å². The van der Waals surface area contributed by atoms with Crippen LogP contribution in [0.3, 0.4) is 0 Å². The van der Waals surface area contributed by atoms with E-state index in [0.717, 1.165) is 0 Å². The Balaban J connectivity index is 2.16. The molecule has 0 saturated heterocycles. The van der Waals surface area contributed by atoms with Crippen LogP contribution in [-0.4, -0.2) is 0 Å². The number of fused-ring (bicyclic) bond motifs is 3. The molecule has 0 nitrogen and oxygen atoms in total. The van der Waals surface area contributed by atoms with Crippen molar-refractivity contribution in [1.29, 1.82) is 0 Å². The first-order chi connectivity index (χ1) is 10.9. The van der Waals surface area contributed by atoms with Gasteiger partial charge in [0.25, 0.3) is 0 Å². The number of benzene rings is 1. The third-order valence-corrected chi connectivity index (χ3v) is 6.94. The Bertz CT molecular complexity index is 881. The van der Waals surface area contributed by atoms with Crippen molar-refractivity contribution in [3.63, 3.8) is 0 Å². The molecule has 0 spiro atoms. The van der Waals surface area contributed by atoms with Crippen molar-refractivity contribution in [2.45, 2.75) is 54.4 Å². The fourth-order valence-corrected chi connectivity index (χ4v) is 5.07. The van der Waals surface area contributed by atoms with Crippen molar-refractivity contribution in [1.82, 2.24) is 0 Å². The molecule has 1 aromatic carbocycles. The molecular weight excluding hydrogens is 276 g/mol. The molecule has 0 fully saturated rings. The topological polar surface area (TPSA) is 0 Å². The molecule has 0 N–H and O–H groups in total. The largest absolute Gasteiger partial charge is 0.0616 e. The van der Waals surface area contributed by atoms with Gasteiger partial charge in [-0.3, -0.25) is 0 Å². The highest BCUT2D eigenvalue weighted by atomic mass is 14.5. The molecule has 0 aromatic heterocycles. The molecular formula is C23H26. The van der Waals surface area contributed by atoms with Crippen LogP contribution >= 0.6 is 0 Å². The molecule has 3 aliphatic rings. The molecule has 0 amide bonds. The summed E-state index contributed by atoms with van der Waals surface area (Å²) >= 11 is 0. The molecule has 4 rings (SSSR count). The van der Waals surface area contributed by atoms with Gasteiger partial charge < -0.3 is 0 Å². The summed E-state index contributed by atoms with van der Waals surface area (Å²) in [6, 6.07) is 0. The number of allylic oxidation sites excluding steroid dienone is 8. The second-order valence-electron chi connectivity index (χ2n) is 7.61. The minimum absolute atomic E-state index is 0.539. The second-order valence-corrected chi connectivity index (χ2v) is 7.61. The fourth-order valence-electron chi connectivity index (χ4n) is 5.07. The lowest BCUT2D eigenvalue weighted by Gasteiger charge is -2.34. The zero-order valence-corrected chi connectivity index (χ0v) is 15.4. The molecule has 0 saturated carbocycles. The zero-order chi connectivity index (χ0) is 16.6. The highest BCUT2D eigenvalue weighted by molar-refractivity contribution is 5.87. The van der Waals surface area contributed by atoms with Crippen molar-refractivity contribution >= 4 is 5.57 Å². The lowest BCUT2D eigenvalue weighted by Crippen LogP contribution is -2.19. The third-order valence-electron chi connectivity index (χ3n) is 6.94. The van der Waals surface area contributed by atoms with Crippen molar-refractivity contribution in [2.75, 3.05) is 0 Å². The van der Waals surface area contributed by atoms with Gasteiger partial charge in [0.15, 0.2) is 0 Å². The van der Waals surface area contributed by atoms with Crippen LogP contribution in [0.25, 0.3) is 5.57 Å². The van der Waals surface area contributed by atoms with Gasteiger partial charge in [-0.15, -0.1) is 0 Å². The predicted octanol–water partition coefficient (Wildman–Crippen LogP) is 6.25. The van der Waals surface area contributed by atoms with Crippen LogP contribution in [0.2, 0.25) is 0 Å². The van der Waals surface area contributed by atoms with E-state index >= 15 is 0 Å². The first-order valence-electron chi connectivity index (χ1n) is 8.73. The summed E-state index contributed by atoms with van der Waals surface area (Å²) < 4.78 is 0. The van der Waals surface area contributed by atoms with Crippen LogP contribution in [0.15, 0.2) is 40.5 Å². The summed E-state index contributed by atoms with van der Waals surface area (Å²) in [6.07, 6.45) is 6.98. The third kappa shape index (κ3) is 1.62. The molecule has 3 aliphatic carbocycles. The Labute approximate surface area is 140 Å². The first kappa shape index (κ1) is 14.8. The molecule has 1 aromatic rings. The van der Waals surface area contributed by atoms with Crippen molar-refractivity contribution < 1.29 is 0 Å². The van der Waals surface area contributed by atoms with Gasteiger partial charge in [0.1, 0.15) is 0 Å². The molecule has 0 bridgehead atoms. The highest BCUT2D eigenvalue weighted by Crippen LogP contribution is 2.59. The molecule has 0 heteroatoms. The van der Waals surface area contributed by atoms with E-state index in [1.807, 2.05) is 0 Å². The molecule has 2 atom stereocenters. The quantitative estimate of drug-likeness (QED) is 0.531. The maximum Gasteiger partial charge on any atom is 0.0205 e. The molecule has 2 unspecified atom stereocenters. The maximum atomic E-state index is 2.37. The van der Waals surface area contributed by atoms with Gasteiger partial charge in [0.05, 0.1) is 0 Å². The van der Waals surface area contributed by atoms with Crippen LogP contribution in [0.1, 0.15) is 60.1 Å². The van der Waals surface area contributed by atoms with E-state index in [4.69, 9.17) is 0 Å². The van der Waals surface area contributed by atoms with Gasteiger partial charge in [-0.05, 0) is 104 Å². The molecule has 23 heavy (non-hydrogen) atoms. The molecule has 0 radical (unpaired) electrons. The minimum atomic E-state index is 0.539. The Hall–Kier alpha value is -1.82. The van der Waals surface area contributed by atoms with Crippen molar-refractivity contribution in [2.24, 2.45) is 5.92 Å². The van der Waals surface area contributed by atoms with E-state index in [9.17, 15) is 0 Å². The van der Waals surface area contributed by atoms with Gasteiger partial charge >= 0.3 is 0 Å². The fraction of sp³-hybridized carbons (Fsp3) is 0.391. The summed E-state index contributed by atoms with van der Waals surface area (Å²) in [6.45, 7) is 16.2. The van der Waals surface area contributed by atoms with Crippen LogP contribution in [0.4, 0.5) is 0 Å². The average Bonchev–Trinajstić information content (AvgIpc) is 2.90. The minimum Gasteiger partial charge on any atom is -0.0616 e. The van der Waals surface area contributed by atoms with E-state index in [1.54, 1.807) is 27.8 Å². The van der Waals surface area contributed by atoms with Gasteiger partial charge in [0.2, 0.25) is 0 Å². The molecule has 0 aliphatic heterocycles. The first-order valence-corrected chi connectivity index (χ1v) is 8.73. The number of hydrogen-bond donors (Lipinski definition) is 0. The lowest BCUT2D eigenvalue weighted by atomic mass is 9.70. The van der Waals surface area contributed by atoms with Crippen LogP contribution in [0.5, 0.6) is 0 Å². The van der Waals surface area contributed by atoms with Gasteiger partial charge in [-0.1, -0.05) is 23.8 Å². The second kappa shape index (κ2) is 4.60. The predicted molar refractivity (Wildman–Crippen MR) is 99.8 cm³/mol. The number of hydrogen-bond acceptors (Lipinski definition) is 0. The highest BCUT2D eigenvalue weighted by Gasteiger charge is 2.45. The Morgan fingerprint density at radius 1 is 0.696 bits per heavy atom. The average molecular weight is 302 g/mol. The van der Waals surface area contributed by atoms with Crippen LogP contribution in [0, 0.1) is 33.6 Å². The number of rotatable bonds is 0. The summed E-state index contributed by atoms with van der Waals surface area (Å²) in [4.78, 5) is 0. The van der Waals surface area contributed by atoms with E-state index in [-0.39, 0.29) is 0 Å². The Morgan fingerprint density at radius 3 is 2.04 bits per heavy atom. The van der Waals surface area contributed by atoms with Crippen molar-refractivity contribution in [3.8, 4) is 0 Å². The van der Waals surface area contributed by atoms with Crippen LogP contribution < -0.4 is 0 Å². The van der Waals surface area contributed by atoms with Gasteiger partial charge in [0, 0.05) is 11.8 Å². The van der Waals surface area contributed by atoms with E-state index in [2.05, 4.69) is 66.7 Å². The lowest BCUT2D eigenvalue weighted by molar-refractivity contribution is 0.662. The van der Waals surface area contributed by atoms with Gasteiger partial charge in [-0.2, -0.15) is 0 Å². The molecule has 118 valence electrons. The Kier molecular flexibility index (Phi) is 2.95. The maximum absolute atomic E-state index is 2.37. The summed E-state index contributed by atoms with van der Waals surface area (Å²) in [7, 11) is 0. The van der Waals surface area contributed by atoms with E-state index < -0.39 is 0 Å². The summed E-state index contributed by atoms with van der Waals surface area (Å²) in [5.41, 5.74) is 16.7. The monoisotopic (exact) mass is 302 g/mol. The van der Waals surface area contributed by atoms with E-state index in [1.165, 1.54) is 33.4 Å². The SMILES string of the molecule is CC1=C2C=CC=C3c4c(C)c(C)c(C)c(C)c4C(C(C)=C1C)C32. The molecule has 0 heterocycles. The van der Waals surface area contributed by atoms with Crippen molar-refractivity contribution in [3.05, 3.63) is 73.9 Å². The normalized spacial score (nSPS) is 24.9. The zero-order valence-electron chi connectivity index (χ0n) is 15.4.